The Balaban J connectivity index is 1.70. The lowest BCUT2D eigenvalue weighted by atomic mass is 9.93. The molecule has 1 fully saturated rings. The summed E-state index contributed by atoms with van der Waals surface area (Å²) in [5.74, 6) is 0.765. The van der Waals surface area contributed by atoms with Crippen LogP contribution >= 0.6 is 0 Å². The molecule has 2 aromatic heterocycles. The molecule has 0 unspecified atom stereocenters. The Morgan fingerprint density at radius 3 is 2.86 bits per heavy atom. The molecular weight excluding hydrogens is 264 g/mol. The summed E-state index contributed by atoms with van der Waals surface area (Å²) in [5, 5.41) is 0. The van der Waals surface area contributed by atoms with Crippen molar-refractivity contribution in [1.29, 1.82) is 0 Å². The van der Waals surface area contributed by atoms with Crippen molar-refractivity contribution in [1.82, 2.24) is 14.3 Å². The second-order valence-corrected chi connectivity index (χ2v) is 5.81. The highest BCUT2D eigenvalue weighted by molar-refractivity contribution is 5.37. The minimum absolute atomic E-state index is 0.00591. The lowest BCUT2D eigenvalue weighted by molar-refractivity contribution is 0.172. The van der Waals surface area contributed by atoms with E-state index in [0.29, 0.717) is 0 Å². The molecule has 1 saturated heterocycles. The van der Waals surface area contributed by atoms with Crippen molar-refractivity contribution >= 4 is 5.65 Å². The molecule has 0 radical (unpaired) electrons. The predicted molar refractivity (Wildman–Crippen MR) is 83.1 cm³/mol. The Bertz CT molecular complexity index is 659. The Kier molecular flexibility index (Phi) is 4.31. The van der Waals surface area contributed by atoms with E-state index in [1.165, 1.54) is 12.8 Å². The lowest BCUT2D eigenvalue weighted by Crippen LogP contribution is -2.34. The Morgan fingerprint density at radius 2 is 2.10 bits per heavy atom. The fourth-order valence-corrected chi connectivity index (χ4v) is 3.08. The molecule has 3 rings (SSSR count). The molecule has 2 aromatic rings. The smallest absolute Gasteiger partial charge is 0.258 e. The number of nitrogens with zero attached hydrogens (tertiary/aromatic N) is 3. The summed E-state index contributed by atoms with van der Waals surface area (Å²) in [7, 11) is 0. The zero-order valence-electron chi connectivity index (χ0n) is 12.2. The Hall–Kier alpha value is -1.72. The van der Waals surface area contributed by atoms with Crippen LogP contribution in [0.15, 0.2) is 35.3 Å². The van der Waals surface area contributed by atoms with Crippen molar-refractivity contribution in [2.24, 2.45) is 11.7 Å². The van der Waals surface area contributed by atoms with Gasteiger partial charge >= 0.3 is 0 Å². The van der Waals surface area contributed by atoms with Crippen molar-refractivity contribution < 1.29 is 0 Å². The first-order chi connectivity index (χ1) is 10.3. The van der Waals surface area contributed by atoms with E-state index >= 15 is 0 Å². The van der Waals surface area contributed by atoms with E-state index in [-0.39, 0.29) is 5.56 Å². The van der Waals surface area contributed by atoms with Crippen LogP contribution in [0.4, 0.5) is 0 Å². The third kappa shape index (κ3) is 3.31. The van der Waals surface area contributed by atoms with Crippen LogP contribution in [0.3, 0.4) is 0 Å². The SMILES string of the molecule is NCCC1CCN(Cc2cc(=O)n3ccccc3n2)CC1. The molecule has 21 heavy (non-hydrogen) atoms. The third-order valence-electron chi connectivity index (χ3n) is 4.29. The highest BCUT2D eigenvalue weighted by Crippen LogP contribution is 2.20. The molecule has 0 bridgehead atoms. The van der Waals surface area contributed by atoms with Gasteiger partial charge in [-0.15, -0.1) is 0 Å². The number of likely N-dealkylation sites (tertiary alicyclic amines) is 1. The maximum absolute atomic E-state index is 12.1. The van der Waals surface area contributed by atoms with Crippen LogP contribution < -0.4 is 11.3 Å². The molecule has 0 atom stereocenters. The molecule has 1 aliphatic rings. The van der Waals surface area contributed by atoms with Crippen LogP contribution in [0.1, 0.15) is 25.0 Å². The molecule has 0 spiro atoms. The van der Waals surface area contributed by atoms with Gasteiger partial charge in [0.25, 0.3) is 5.56 Å². The summed E-state index contributed by atoms with van der Waals surface area (Å²) in [6.07, 6.45) is 5.28. The number of piperidine rings is 1. The topological polar surface area (TPSA) is 63.6 Å². The fraction of sp³-hybridized carbons (Fsp3) is 0.500. The lowest BCUT2D eigenvalue weighted by Gasteiger charge is -2.31. The second kappa shape index (κ2) is 6.37. The highest BCUT2D eigenvalue weighted by Gasteiger charge is 2.19. The van der Waals surface area contributed by atoms with Crippen LogP contribution in [0.25, 0.3) is 5.65 Å². The molecule has 1 aliphatic heterocycles. The van der Waals surface area contributed by atoms with E-state index < -0.39 is 0 Å². The predicted octanol–water partition coefficient (Wildman–Crippen LogP) is 1.26. The van der Waals surface area contributed by atoms with Crippen molar-refractivity contribution in [3.8, 4) is 0 Å². The van der Waals surface area contributed by atoms with Gasteiger partial charge in [-0.25, -0.2) is 4.98 Å². The monoisotopic (exact) mass is 286 g/mol. The minimum Gasteiger partial charge on any atom is -0.330 e. The quantitative estimate of drug-likeness (QED) is 0.919. The maximum Gasteiger partial charge on any atom is 0.258 e. The molecule has 5 nitrogen and oxygen atoms in total. The normalized spacial score (nSPS) is 17.4. The van der Waals surface area contributed by atoms with Crippen LogP contribution in [-0.2, 0) is 6.54 Å². The molecular formula is C16H22N4O. The number of pyridine rings is 1. The largest absolute Gasteiger partial charge is 0.330 e. The molecule has 0 saturated carbocycles. The van der Waals surface area contributed by atoms with Gasteiger partial charge in [0.1, 0.15) is 5.65 Å². The zero-order chi connectivity index (χ0) is 14.7. The van der Waals surface area contributed by atoms with Gasteiger partial charge < -0.3 is 5.73 Å². The van der Waals surface area contributed by atoms with E-state index in [9.17, 15) is 4.79 Å². The summed E-state index contributed by atoms with van der Waals surface area (Å²) in [6.45, 7) is 3.69. The Labute approximate surface area is 124 Å². The van der Waals surface area contributed by atoms with Crippen LogP contribution in [0.5, 0.6) is 0 Å². The average Bonchev–Trinajstić information content (AvgIpc) is 2.50. The highest BCUT2D eigenvalue weighted by atomic mass is 16.1. The molecule has 112 valence electrons. The van der Waals surface area contributed by atoms with E-state index in [0.717, 1.165) is 49.9 Å². The first-order valence-corrected chi connectivity index (χ1v) is 7.66. The summed E-state index contributed by atoms with van der Waals surface area (Å²) in [6, 6.07) is 7.28. The van der Waals surface area contributed by atoms with Gasteiger partial charge in [-0.3, -0.25) is 14.1 Å². The summed E-state index contributed by atoms with van der Waals surface area (Å²) in [5.41, 5.74) is 7.21. The van der Waals surface area contributed by atoms with Crippen molar-refractivity contribution in [2.45, 2.75) is 25.8 Å². The first kappa shape index (κ1) is 14.2. The summed E-state index contributed by atoms with van der Waals surface area (Å²) >= 11 is 0. The molecule has 5 heteroatoms. The van der Waals surface area contributed by atoms with Gasteiger partial charge in [-0.1, -0.05) is 6.07 Å². The number of rotatable bonds is 4. The molecule has 0 amide bonds. The number of aromatic nitrogens is 2. The van der Waals surface area contributed by atoms with Crippen molar-refractivity contribution in [3.63, 3.8) is 0 Å². The van der Waals surface area contributed by atoms with E-state index in [4.69, 9.17) is 5.73 Å². The molecule has 3 heterocycles. The molecule has 0 aliphatic carbocycles. The average molecular weight is 286 g/mol. The minimum atomic E-state index is -0.00591. The number of hydrogen-bond donors (Lipinski definition) is 1. The number of hydrogen-bond acceptors (Lipinski definition) is 4. The zero-order valence-corrected chi connectivity index (χ0v) is 12.2. The standard InChI is InChI=1S/C16H22N4O/c17-7-4-13-5-9-19(10-6-13)12-14-11-16(21)20-8-2-1-3-15(20)18-14/h1-3,8,11,13H,4-7,9-10,12,17H2. The molecule has 2 N–H and O–H groups in total. The van der Waals surface area contributed by atoms with Gasteiger partial charge in [0.2, 0.25) is 0 Å². The third-order valence-corrected chi connectivity index (χ3v) is 4.29. The van der Waals surface area contributed by atoms with Gasteiger partial charge in [-0.05, 0) is 56.9 Å². The molecule has 0 aromatic carbocycles. The van der Waals surface area contributed by atoms with E-state index in [2.05, 4.69) is 9.88 Å². The number of fused-ring (bicyclic) bond motifs is 1. The second-order valence-electron chi connectivity index (χ2n) is 5.81. The van der Waals surface area contributed by atoms with Gasteiger partial charge in [-0.2, -0.15) is 0 Å². The van der Waals surface area contributed by atoms with Crippen molar-refractivity contribution in [2.75, 3.05) is 19.6 Å². The Morgan fingerprint density at radius 1 is 1.29 bits per heavy atom. The van der Waals surface area contributed by atoms with E-state index in [1.54, 1.807) is 16.7 Å². The van der Waals surface area contributed by atoms with Crippen molar-refractivity contribution in [3.05, 3.63) is 46.5 Å². The first-order valence-electron chi connectivity index (χ1n) is 7.66. The number of nitrogens with two attached hydrogens (primary N) is 1. The van der Waals surface area contributed by atoms with Gasteiger partial charge in [0, 0.05) is 18.8 Å². The fourth-order valence-electron chi connectivity index (χ4n) is 3.08. The summed E-state index contributed by atoms with van der Waals surface area (Å²) < 4.78 is 1.58. The van der Waals surface area contributed by atoms with E-state index in [1.807, 2.05) is 18.2 Å². The van der Waals surface area contributed by atoms with Gasteiger partial charge in [0.05, 0.1) is 5.69 Å². The van der Waals surface area contributed by atoms with Crippen LogP contribution in [0, 0.1) is 5.92 Å². The van der Waals surface area contributed by atoms with Crippen LogP contribution in [0.2, 0.25) is 0 Å². The maximum atomic E-state index is 12.1. The summed E-state index contributed by atoms with van der Waals surface area (Å²) in [4.78, 5) is 19.0. The van der Waals surface area contributed by atoms with Gasteiger partial charge in [0.15, 0.2) is 0 Å². The van der Waals surface area contributed by atoms with Crippen LogP contribution in [-0.4, -0.2) is 33.9 Å².